The zero-order valence-corrected chi connectivity index (χ0v) is 21.2. The Morgan fingerprint density at radius 1 is 1.11 bits per heavy atom. The summed E-state index contributed by atoms with van der Waals surface area (Å²) in [7, 11) is 0. The van der Waals surface area contributed by atoms with E-state index >= 15 is 0 Å². The number of imidazole rings is 1. The van der Waals surface area contributed by atoms with Crippen molar-refractivity contribution in [3.63, 3.8) is 0 Å². The van der Waals surface area contributed by atoms with Crippen molar-refractivity contribution >= 4 is 5.97 Å². The van der Waals surface area contributed by atoms with Crippen LogP contribution in [0.2, 0.25) is 0 Å². The van der Waals surface area contributed by atoms with Gasteiger partial charge in [0, 0.05) is 38.5 Å². The number of aryl methyl sites for hydroxylation is 2. The highest BCUT2D eigenvalue weighted by Crippen LogP contribution is 2.47. The molecule has 1 heterocycles. The van der Waals surface area contributed by atoms with Gasteiger partial charge in [0.2, 0.25) is 5.92 Å². The van der Waals surface area contributed by atoms with Crippen LogP contribution >= 0.6 is 0 Å². The van der Waals surface area contributed by atoms with Crippen LogP contribution < -0.4 is 9.30 Å². The molecule has 37 heavy (non-hydrogen) atoms. The minimum atomic E-state index is -2.89. The minimum Gasteiger partial charge on any atom is -0.493 e. The lowest BCUT2D eigenvalue weighted by atomic mass is 9.80. The van der Waals surface area contributed by atoms with E-state index in [1.807, 2.05) is 49.6 Å². The van der Waals surface area contributed by atoms with Crippen LogP contribution in [0.25, 0.3) is 0 Å². The van der Waals surface area contributed by atoms with Crippen molar-refractivity contribution in [3.8, 4) is 5.75 Å². The van der Waals surface area contributed by atoms with E-state index < -0.39 is 29.8 Å². The minimum absolute atomic E-state index is 0.0619. The highest BCUT2D eigenvalue weighted by molar-refractivity contribution is 5.81. The number of rotatable bonds is 12. The third kappa shape index (κ3) is 6.55. The summed E-state index contributed by atoms with van der Waals surface area (Å²) in [6, 6.07) is 18.0. The van der Waals surface area contributed by atoms with Crippen LogP contribution in [0, 0.1) is 12.8 Å². The number of benzene rings is 2. The zero-order valence-electron chi connectivity index (χ0n) is 21.2. The normalized spacial score (nSPS) is 18.3. The Morgan fingerprint density at radius 3 is 2.49 bits per heavy atom. The summed E-state index contributed by atoms with van der Waals surface area (Å²) < 4.78 is 43.3. The summed E-state index contributed by atoms with van der Waals surface area (Å²) >= 11 is 0. The van der Waals surface area contributed by atoms with Crippen LogP contribution in [0.5, 0.6) is 5.75 Å². The molecular formula is C29H35F2N2O4+. The number of para-hydroxylation sites is 1. The van der Waals surface area contributed by atoms with Crippen molar-refractivity contribution in [2.45, 2.75) is 63.6 Å². The fraction of sp³-hybridized carbons (Fsp3) is 0.448. The van der Waals surface area contributed by atoms with Gasteiger partial charge in [0.1, 0.15) is 18.1 Å². The predicted octanol–water partition coefficient (Wildman–Crippen LogP) is 4.81. The summed E-state index contributed by atoms with van der Waals surface area (Å²) in [6.07, 6.45) is 4.57. The van der Waals surface area contributed by atoms with Gasteiger partial charge in [-0.05, 0) is 24.1 Å². The number of halogens is 2. The van der Waals surface area contributed by atoms with Gasteiger partial charge >= 0.3 is 5.97 Å². The molecule has 0 unspecified atom stereocenters. The molecule has 0 bridgehead atoms. The summed E-state index contributed by atoms with van der Waals surface area (Å²) in [5.74, 6) is -2.71. The molecule has 6 nitrogen and oxygen atoms in total. The molecule has 0 saturated heterocycles. The quantitative estimate of drug-likeness (QED) is 0.215. The highest BCUT2D eigenvalue weighted by Gasteiger charge is 2.54. The molecule has 4 rings (SSSR count). The van der Waals surface area contributed by atoms with Crippen molar-refractivity contribution < 1.29 is 32.7 Å². The first kappa shape index (κ1) is 26.8. The van der Waals surface area contributed by atoms with Crippen molar-refractivity contribution in [2.75, 3.05) is 13.2 Å². The second kappa shape index (κ2) is 11.9. The van der Waals surface area contributed by atoms with E-state index in [4.69, 9.17) is 9.47 Å². The lowest BCUT2D eigenvalue weighted by Gasteiger charge is -2.32. The molecule has 198 valence electrons. The molecule has 1 N–H and O–H groups in total. The molecule has 3 aromatic rings. The summed E-state index contributed by atoms with van der Waals surface area (Å²) in [5, 5.41) is 11.4. The molecular weight excluding hydrogens is 478 g/mol. The number of nitrogens with zero attached hydrogens (tertiary/aromatic N) is 2. The maximum absolute atomic E-state index is 13.9. The van der Waals surface area contributed by atoms with Gasteiger partial charge in [0.05, 0.1) is 26.3 Å². The Bertz CT molecular complexity index is 1150. The first-order valence-corrected chi connectivity index (χ1v) is 12.9. The van der Waals surface area contributed by atoms with Crippen molar-refractivity contribution in [3.05, 3.63) is 84.4 Å². The average molecular weight is 514 g/mol. The molecule has 0 spiro atoms. The standard InChI is InChI=1S/C29H35F2N2O4/c1-23-32(16-8-20-36-26-12-6-3-7-13-26)18-19-33(23)17-9-21-37-27(34)29(35,24-10-4-2-5-11-24)25-14-15-28(30,31)22-25/h2-7,10-13,18-19,25,35H,8-9,14-17,20-22H2,1H3/q+1/t25-,29+/m1/s1. The maximum Gasteiger partial charge on any atom is 0.343 e. The van der Waals surface area contributed by atoms with E-state index in [0.717, 1.165) is 24.5 Å². The summed E-state index contributed by atoms with van der Waals surface area (Å²) in [5.41, 5.74) is -1.80. The number of aromatic nitrogens is 2. The molecule has 1 aromatic heterocycles. The smallest absolute Gasteiger partial charge is 0.343 e. The van der Waals surface area contributed by atoms with Gasteiger partial charge in [-0.2, -0.15) is 0 Å². The van der Waals surface area contributed by atoms with Gasteiger partial charge in [-0.15, -0.1) is 0 Å². The number of hydrogen-bond acceptors (Lipinski definition) is 4. The fourth-order valence-corrected chi connectivity index (χ4v) is 4.98. The molecule has 1 fully saturated rings. The molecule has 2 atom stereocenters. The number of esters is 1. The Labute approximate surface area is 216 Å². The molecule has 8 heteroatoms. The van der Waals surface area contributed by atoms with Gasteiger partial charge in [-0.3, -0.25) is 0 Å². The van der Waals surface area contributed by atoms with Crippen LogP contribution in [0.4, 0.5) is 8.78 Å². The van der Waals surface area contributed by atoms with E-state index in [2.05, 4.69) is 9.13 Å². The zero-order chi connectivity index (χ0) is 26.3. The van der Waals surface area contributed by atoms with Crippen LogP contribution in [0.15, 0.2) is 73.1 Å². The van der Waals surface area contributed by atoms with E-state index in [0.29, 0.717) is 25.1 Å². The van der Waals surface area contributed by atoms with E-state index in [1.54, 1.807) is 30.3 Å². The molecule has 1 aliphatic rings. The second-order valence-electron chi connectivity index (χ2n) is 9.66. The molecule has 1 aliphatic carbocycles. The van der Waals surface area contributed by atoms with Gasteiger partial charge in [0.15, 0.2) is 5.60 Å². The SMILES string of the molecule is Cc1n(CCCOc2ccccc2)cc[n+]1CCCOC(=O)[C@](O)(c1ccccc1)[C@@H]1CCC(F)(F)C1. The lowest BCUT2D eigenvalue weighted by molar-refractivity contribution is -0.702. The third-order valence-electron chi connectivity index (χ3n) is 7.11. The van der Waals surface area contributed by atoms with E-state index in [9.17, 15) is 18.7 Å². The Kier molecular flexibility index (Phi) is 8.59. The number of carbonyl (C=O) groups is 1. The van der Waals surface area contributed by atoms with Gasteiger partial charge < -0.3 is 14.6 Å². The van der Waals surface area contributed by atoms with Gasteiger partial charge in [-0.1, -0.05) is 48.5 Å². The van der Waals surface area contributed by atoms with Crippen LogP contribution in [-0.4, -0.2) is 34.8 Å². The third-order valence-corrected chi connectivity index (χ3v) is 7.11. The van der Waals surface area contributed by atoms with Crippen LogP contribution in [0.3, 0.4) is 0 Å². The fourth-order valence-electron chi connectivity index (χ4n) is 4.98. The second-order valence-corrected chi connectivity index (χ2v) is 9.66. The first-order valence-electron chi connectivity index (χ1n) is 12.9. The van der Waals surface area contributed by atoms with E-state index in [-0.39, 0.29) is 19.4 Å². The van der Waals surface area contributed by atoms with Gasteiger partial charge in [-0.25, -0.2) is 22.7 Å². The van der Waals surface area contributed by atoms with Crippen molar-refractivity contribution in [1.29, 1.82) is 0 Å². The first-order chi connectivity index (χ1) is 17.8. The maximum atomic E-state index is 13.9. The number of hydrogen-bond donors (Lipinski definition) is 1. The van der Waals surface area contributed by atoms with Crippen molar-refractivity contribution in [1.82, 2.24) is 4.57 Å². The Hall–Kier alpha value is -3.26. The average Bonchev–Trinajstić information content (AvgIpc) is 3.46. The summed E-state index contributed by atoms with van der Waals surface area (Å²) in [6.45, 7) is 4.17. The number of ether oxygens (including phenoxy) is 2. The van der Waals surface area contributed by atoms with Crippen LogP contribution in [0.1, 0.15) is 43.5 Å². The van der Waals surface area contributed by atoms with Crippen molar-refractivity contribution in [2.24, 2.45) is 5.92 Å². The van der Waals surface area contributed by atoms with Crippen LogP contribution in [-0.2, 0) is 28.2 Å². The monoisotopic (exact) mass is 513 g/mol. The largest absolute Gasteiger partial charge is 0.493 e. The van der Waals surface area contributed by atoms with E-state index in [1.165, 1.54) is 0 Å². The molecule has 2 aromatic carbocycles. The lowest BCUT2D eigenvalue weighted by Crippen LogP contribution is -2.44. The Balaban J connectivity index is 1.27. The topological polar surface area (TPSA) is 64.6 Å². The molecule has 0 radical (unpaired) electrons. The van der Waals surface area contributed by atoms with Gasteiger partial charge in [0.25, 0.3) is 5.82 Å². The molecule has 0 amide bonds. The summed E-state index contributed by atoms with van der Waals surface area (Å²) in [4.78, 5) is 13.1. The highest BCUT2D eigenvalue weighted by atomic mass is 19.3. The molecule has 1 saturated carbocycles. The number of carbonyl (C=O) groups excluding carboxylic acids is 1. The Morgan fingerprint density at radius 2 is 1.81 bits per heavy atom. The predicted molar refractivity (Wildman–Crippen MR) is 134 cm³/mol. The number of alkyl halides is 2. The number of aliphatic hydroxyl groups is 1. The molecule has 0 aliphatic heterocycles.